The molecule has 2 amide bonds. The summed E-state index contributed by atoms with van der Waals surface area (Å²) in [5, 5.41) is 0. The van der Waals surface area contributed by atoms with Crippen molar-refractivity contribution in [3.63, 3.8) is 0 Å². The number of esters is 1. The molecule has 4 heterocycles. The van der Waals surface area contributed by atoms with Gasteiger partial charge in [-0.15, -0.1) is 11.8 Å². The zero-order chi connectivity index (χ0) is 27.7. The lowest BCUT2D eigenvalue weighted by Gasteiger charge is -2.35. The lowest BCUT2D eigenvalue weighted by atomic mass is 9.95. The molecule has 0 unspecified atom stereocenters. The van der Waals surface area contributed by atoms with Crippen LogP contribution < -0.4 is 0 Å². The molecule has 1 aromatic heterocycles. The Bertz CT molecular complexity index is 1210. The number of hydrogen-bond acceptors (Lipinski definition) is 9. The largest absolute Gasteiger partial charge is 0.462 e. The van der Waals surface area contributed by atoms with Crippen LogP contribution in [0.5, 0.6) is 0 Å². The third-order valence-electron chi connectivity index (χ3n) is 7.57. The number of thioether (sulfide) groups is 1. The minimum Gasteiger partial charge on any atom is -0.462 e. The van der Waals surface area contributed by atoms with Crippen LogP contribution in [-0.4, -0.2) is 99.8 Å². The van der Waals surface area contributed by atoms with Crippen LogP contribution in [0, 0.1) is 0 Å². The van der Waals surface area contributed by atoms with E-state index in [0.29, 0.717) is 48.0 Å². The number of benzene rings is 1. The minimum absolute atomic E-state index is 0.0249. The second-order valence-corrected chi connectivity index (χ2v) is 12.5. The van der Waals surface area contributed by atoms with Crippen LogP contribution in [0.25, 0.3) is 11.1 Å². The van der Waals surface area contributed by atoms with E-state index in [1.54, 1.807) is 41.8 Å². The lowest BCUT2D eigenvalue weighted by molar-refractivity contribution is -0.134. The van der Waals surface area contributed by atoms with Gasteiger partial charge in [-0.1, -0.05) is 0 Å². The van der Waals surface area contributed by atoms with Crippen molar-refractivity contribution in [3.05, 3.63) is 29.7 Å². The Labute approximate surface area is 233 Å². The molecule has 3 fully saturated rings. The summed E-state index contributed by atoms with van der Waals surface area (Å²) in [6, 6.07) is 4.79. The van der Waals surface area contributed by atoms with Crippen molar-refractivity contribution in [1.82, 2.24) is 19.7 Å². The summed E-state index contributed by atoms with van der Waals surface area (Å²) in [5.74, 6) is 2.13. The van der Waals surface area contributed by atoms with Crippen molar-refractivity contribution >= 4 is 40.8 Å². The van der Waals surface area contributed by atoms with Crippen LogP contribution in [0.15, 0.2) is 22.6 Å². The van der Waals surface area contributed by atoms with Crippen LogP contribution in [0.1, 0.15) is 69.1 Å². The zero-order valence-electron chi connectivity index (χ0n) is 23.2. The molecular weight excluding hydrogens is 520 g/mol. The number of piperidine rings is 1. The average Bonchev–Trinajstić information content (AvgIpc) is 3.67. The normalized spacial score (nSPS) is 23.0. The Morgan fingerprint density at radius 3 is 2.59 bits per heavy atom. The van der Waals surface area contributed by atoms with E-state index in [1.165, 1.54) is 0 Å². The molecule has 3 saturated heterocycles. The predicted molar refractivity (Wildman–Crippen MR) is 148 cm³/mol. The number of hydrogen-bond donors (Lipinski definition) is 0. The Hall–Kier alpha value is -2.79. The van der Waals surface area contributed by atoms with Gasteiger partial charge in [-0.05, 0) is 78.2 Å². The molecular formula is C28H38N4O6S. The molecule has 0 aliphatic carbocycles. The summed E-state index contributed by atoms with van der Waals surface area (Å²) in [7, 11) is 0. The van der Waals surface area contributed by atoms with Gasteiger partial charge in [0.15, 0.2) is 11.5 Å². The molecule has 3 aliphatic rings. The summed E-state index contributed by atoms with van der Waals surface area (Å²) in [5.41, 5.74) is 1.15. The summed E-state index contributed by atoms with van der Waals surface area (Å²) in [6.45, 7) is 10.5. The van der Waals surface area contributed by atoms with Gasteiger partial charge in [-0.25, -0.2) is 14.6 Å². The summed E-state index contributed by atoms with van der Waals surface area (Å²) in [6.07, 6.45) is 1.92. The molecule has 5 rings (SSSR count). The molecule has 1 aromatic carbocycles. The van der Waals surface area contributed by atoms with E-state index in [0.717, 1.165) is 38.2 Å². The number of aromatic nitrogens is 1. The Balaban J connectivity index is 1.24. The predicted octanol–water partition coefficient (Wildman–Crippen LogP) is 4.09. The number of likely N-dealkylation sites (tertiary alicyclic amines) is 2. The van der Waals surface area contributed by atoms with Gasteiger partial charge in [0.2, 0.25) is 5.91 Å². The maximum atomic E-state index is 13.4. The maximum absolute atomic E-state index is 13.4. The van der Waals surface area contributed by atoms with Crippen LogP contribution in [-0.2, 0) is 14.3 Å². The number of rotatable bonds is 5. The van der Waals surface area contributed by atoms with Crippen molar-refractivity contribution in [2.75, 3.05) is 44.4 Å². The molecule has 2 aromatic rings. The molecule has 11 heteroatoms. The fraction of sp³-hybridized carbons (Fsp3) is 0.643. The maximum Gasteiger partial charge on any atom is 0.411 e. The smallest absolute Gasteiger partial charge is 0.411 e. The van der Waals surface area contributed by atoms with Crippen molar-refractivity contribution in [1.29, 1.82) is 0 Å². The fourth-order valence-corrected chi connectivity index (χ4v) is 6.56. The van der Waals surface area contributed by atoms with E-state index in [4.69, 9.17) is 18.9 Å². The van der Waals surface area contributed by atoms with Gasteiger partial charge in [-0.2, -0.15) is 0 Å². The van der Waals surface area contributed by atoms with Gasteiger partial charge in [0.25, 0.3) is 0 Å². The van der Waals surface area contributed by atoms with Crippen LogP contribution in [0.4, 0.5) is 4.79 Å². The molecule has 212 valence electrons. The highest BCUT2D eigenvalue weighted by atomic mass is 32.2. The quantitative estimate of drug-likeness (QED) is 0.502. The number of ether oxygens (including phenoxy) is 2. The highest BCUT2D eigenvalue weighted by Gasteiger charge is 2.45. The summed E-state index contributed by atoms with van der Waals surface area (Å²) in [4.78, 5) is 49.2. The average molecular weight is 559 g/mol. The fourth-order valence-electron chi connectivity index (χ4n) is 5.61. The molecule has 0 N–H and O–H groups in total. The van der Waals surface area contributed by atoms with Crippen molar-refractivity contribution in [3.8, 4) is 0 Å². The third-order valence-corrected chi connectivity index (χ3v) is 8.53. The number of oxazole rings is 1. The van der Waals surface area contributed by atoms with Gasteiger partial charge in [0.05, 0.1) is 18.0 Å². The lowest BCUT2D eigenvalue weighted by Crippen LogP contribution is -2.48. The van der Waals surface area contributed by atoms with E-state index in [-0.39, 0.29) is 23.8 Å². The molecule has 10 nitrogen and oxygen atoms in total. The Morgan fingerprint density at radius 1 is 1.15 bits per heavy atom. The van der Waals surface area contributed by atoms with Gasteiger partial charge in [0, 0.05) is 30.8 Å². The van der Waals surface area contributed by atoms with E-state index >= 15 is 0 Å². The van der Waals surface area contributed by atoms with E-state index < -0.39 is 17.7 Å². The Kier molecular flexibility index (Phi) is 8.09. The van der Waals surface area contributed by atoms with Crippen molar-refractivity contribution < 1.29 is 28.3 Å². The number of nitrogens with zero attached hydrogens (tertiary/aromatic N) is 4. The topological polar surface area (TPSA) is 105 Å². The van der Waals surface area contributed by atoms with Gasteiger partial charge in [-0.3, -0.25) is 14.6 Å². The zero-order valence-corrected chi connectivity index (χ0v) is 24.0. The van der Waals surface area contributed by atoms with E-state index in [2.05, 4.69) is 4.90 Å². The molecule has 3 aliphatic heterocycles. The first-order chi connectivity index (χ1) is 18.6. The highest BCUT2D eigenvalue weighted by Crippen LogP contribution is 2.34. The Morgan fingerprint density at radius 2 is 1.92 bits per heavy atom. The monoisotopic (exact) mass is 558 g/mol. The van der Waals surface area contributed by atoms with Crippen molar-refractivity contribution in [2.24, 2.45) is 0 Å². The van der Waals surface area contributed by atoms with Crippen LogP contribution >= 0.6 is 11.8 Å². The molecule has 39 heavy (non-hydrogen) atoms. The molecule has 0 saturated carbocycles. The van der Waals surface area contributed by atoms with Gasteiger partial charge < -0.3 is 18.8 Å². The van der Waals surface area contributed by atoms with Crippen molar-refractivity contribution in [2.45, 2.75) is 70.6 Å². The van der Waals surface area contributed by atoms with E-state index in [9.17, 15) is 14.4 Å². The molecule has 0 radical (unpaired) electrons. The first kappa shape index (κ1) is 27.8. The number of carbonyl (C=O) groups excluding carboxylic acids is 3. The first-order valence-electron chi connectivity index (χ1n) is 13.8. The second-order valence-electron chi connectivity index (χ2n) is 11.4. The first-order valence-corrected chi connectivity index (χ1v) is 15.0. The second kappa shape index (κ2) is 11.4. The van der Waals surface area contributed by atoms with Gasteiger partial charge >= 0.3 is 12.1 Å². The van der Waals surface area contributed by atoms with Crippen LogP contribution in [0.3, 0.4) is 0 Å². The standard InChI is InChI=1S/C28H38N4O6S/c1-5-36-26(34)19-6-7-23-21(14-19)29-24(37-23)18-8-10-30(11-9-18)20-15-22(25(33)31-12-13-39-17-31)32(16-20)27(35)38-28(2,3)4/h6-7,14,18,20,22H,5,8-13,15-17H2,1-4H3/t20-,22-/m0/s1. The third kappa shape index (κ3) is 6.19. The van der Waals surface area contributed by atoms with E-state index in [1.807, 2.05) is 25.7 Å². The van der Waals surface area contributed by atoms with Crippen LogP contribution in [0.2, 0.25) is 0 Å². The number of fused-ring (bicyclic) bond motifs is 1. The molecule has 0 spiro atoms. The number of carbonyl (C=O) groups is 3. The highest BCUT2D eigenvalue weighted by molar-refractivity contribution is 7.99. The number of amides is 2. The minimum atomic E-state index is -0.624. The SMILES string of the molecule is CCOC(=O)c1ccc2oc(C3CCN([C@H]4C[C@@H](C(=O)N5CCSC5)N(C(=O)OC(C)(C)C)C4)CC3)nc2c1. The summed E-state index contributed by atoms with van der Waals surface area (Å²) < 4.78 is 16.8. The summed E-state index contributed by atoms with van der Waals surface area (Å²) >= 11 is 1.74. The molecule has 2 atom stereocenters. The molecule has 0 bridgehead atoms. The van der Waals surface area contributed by atoms with Gasteiger partial charge in [0.1, 0.15) is 17.2 Å².